The molecule has 4 heterocycles. The van der Waals surface area contributed by atoms with Crippen molar-refractivity contribution in [2.75, 3.05) is 47.8 Å². The molecule has 6 aliphatic rings. The maximum atomic E-state index is 16.3. The summed E-state index contributed by atoms with van der Waals surface area (Å²) in [7, 11) is 0. The zero-order valence-corrected chi connectivity index (χ0v) is 34.2. The Morgan fingerprint density at radius 2 is 1.53 bits per heavy atom. The van der Waals surface area contributed by atoms with Gasteiger partial charge in [0.15, 0.2) is 0 Å². The van der Waals surface area contributed by atoms with Crippen LogP contribution < -0.4 is 31.1 Å². The van der Waals surface area contributed by atoms with Gasteiger partial charge in [-0.3, -0.25) is 34.7 Å². The summed E-state index contributed by atoms with van der Waals surface area (Å²) in [5.74, 6) is -2.38. The molecular formula is C44H48Cl2FN7O5. The third-order valence-electron chi connectivity index (χ3n) is 13.9. The smallest absolute Gasteiger partial charge is 0.328 e. The van der Waals surface area contributed by atoms with Crippen LogP contribution in [0.2, 0.25) is 10.0 Å². The third-order valence-corrected chi connectivity index (χ3v) is 14.4. The highest BCUT2D eigenvalue weighted by Gasteiger charge is 2.72. The molecule has 0 aromatic heterocycles. The number of nitrogens with one attached hydrogen (secondary N) is 4. The fourth-order valence-corrected chi connectivity index (χ4v) is 11.4. The summed E-state index contributed by atoms with van der Waals surface area (Å²) in [6.07, 6.45) is 6.77. The number of hydrogen-bond donors (Lipinski definition) is 4. The Kier molecular flexibility index (Phi) is 10.6. The summed E-state index contributed by atoms with van der Waals surface area (Å²) in [5, 5.41) is 12.8. The van der Waals surface area contributed by atoms with Crippen LogP contribution in [0, 0.1) is 11.7 Å². The molecule has 4 N–H and O–H groups in total. The number of amides is 6. The van der Waals surface area contributed by atoms with Gasteiger partial charge in [0, 0.05) is 84.6 Å². The molecule has 2 spiro atoms. The first-order valence-electron chi connectivity index (χ1n) is 20.9. The highest BCUT2D eigenvalue weighted by molar-refractivity contribution is 6.31. The topological polar surface area (TPSA) is 143 Å². The van der Waals surface area contributed by atoms with Gasteiger partial charge in [-0.1, -0.05) is 60.7 Å². The summed E-state index contributed by atoms with van der Waals surface area (Å²) in [5.41, 5.74) is 1.12. The van der Waals surface area contributed by atoms with Gasteiger partial charge in [0.25, 0.3) is 0 Å². The van der Waals surface area contributed by atoms with E-state index in [-0.39, 0.29) is 52.6 Å². The van der Waals surface area contributed by atoms with E-state index in [0.717, 1.165) is 30.6 Å². The largest absolute Gasteiger partial charge is 0.368 e. The van der Waals surface area contributed by atoms with Crippen LogP contribution in [0.25, 0.3) is 0 Å². The molecule has 0 radical (unpaired) electrons. The van der Waals surface area contributed by atoms with E-state index >= 15 is 4.39 Å². The lowest BCUT2D eigenvalue weighted by atomic mass is 9.55. The van der Waals surface area contributed by atoms with Crippen LogP contribution in [0.5, 0.6) is 0 Å². The van der Waals surface area contributed by atoms with Crippen molar-refractivity contribution >= 4 is 69.9 Å². The Labute approximate surface area is 352 Å². The van der Waals surface area contributed by atoms with Crippen LogP contribution >= 0.6 is 23.2 Å². The van der Waals surface area contributed by atoms with Crippen molar-refractivity contribution < 1.29 is 28.4 Å². The summed E-state index contributed by atoms with van der Waals surface area (Å²) >= 11 is 12.8. The number of carbonyl (C=O) groups is 5. The molecule has 9 rings (SSSR count). The molecule has 310 valence electrons. The lowest BCUT2D eigenvalue weighted by Crippen LogP contribution is -2.60. The Morgan fingerprint density at radius 1 is 0.814 bits per heavy atom. The van der Waals surface area contributed by atoms with Gasteiger partial charge in [-0.15, -0.1) is 0 Å². The Morgan fingerprint density at radius 3 is 2.24 bits per heavy atom. The van der Waals surface area contributed by atoms with E-state index < -0.39 is 34.8 Å². The molecule has 2 aliphatic carbocycles. The number of piperazine rings is 1. The van der Waals surface area contributed by atoms with Crippen LogP contribution in [0.3, 0.4) is 0 Å². The van der Waals surface area contributed by atoms with Crippen LogP contribution in [-0.4, -0.2) is 84.9 Å². The van der Waals surface area contributed by atoms with Gasteiger partial charge in [-0.05, 0) is 92.1 Å². The highest BCUT2D eigenvalue weighted by atomic mass is 35.5. The van der Waals surface area contributed by atoms with Crippen molar-refractivity contribution in [2.45, 2.75) is 93.2 Å². The molecule has 3 saturated heterocycles. The number of nitrogens with zero attached hydrogens (tertiary/aromatic N) is 3. The Balaban J connectivity index is 0.867. The molecule has 0 bridgehead atoms. The van der Waals surface area contributed by atoms with Crippen LogP contribution in [0.4, 0.5) is 26.2 Å². The van der Waals surface area contributed by atoms with Gasteiger partial charge in [0.2, 0.25) is 23.6 Å². The molecular weight excluding hydrogens is 796 g/mol. The van der Waals surface area contributed by atoms with E-state index in [2.05, 4.69) is 26.2 Å². The number of halogens is 3. The Bertz CT molecular complexity index is 2190. The summed E-state index contributed by atoms with van der Waals surface area (Å²) in [6, 6.07) is 16.3. The van der Waals surface area contributed by atoms with E-state index in [0.29, 0.717) is 87.5 Å². The van der Waals surface area contributed by atoms with Gasteiger partial charge in [-0.25, -0.2) is 9.18 Å². The average molecular weight is 845 g/mol. The van der Waals surface area contributed by atoms with Gasteiger partial charge >= 0.3 is 6.03 Å². The SMILES string of the molecule is O=C1CCN(c2ccc(N3CCN(C(=O)C4CCC(NC(=O)[C@@H]5NC6(CCCCC6)[C@@]6(C(=O)Nc7cc(Cl)ccc76)[C@H]5c5cccc(Cl)c5F)CC4)CC3)cc2)C(=O)N1. The second-order valence-electron chi connectivity index (χ2n) is 17.0. The molecule has 0 unspecified atom stereocenters. The van der Waals surface area contributed by atoms with Crippen molar-refractivity contribution in [3.05, 3.63) is 87.7 Å². The number of hydrogen-bond acceptors (Lipinski definition) is 7. The molecule has 4 aliphatic heterocycles. The number of urea groups is 1. The zero-order chi connectivity index (χ0) is 41.1. The molecule has 6 amide bonds. The first-order chi connectivity index (χ1) is 28.5. The van der Waals surface area contributed by atoms with Gasteiger partial charge < -0.3 is 20.4 Å². The van der Waals surface area contributed by atoms with E-state index in [1.54, 1.807) is 29.2 Å². The molecule has 3 aromatic rings. The molecule has 15 heteroatoms. The first-order valence-corrected chi connectivity index (χ1v) is 21.6. The molecule has 59 heavy (non-hydrogen) atoms. The van der Waals surface area contributed by atoms with Crippen molar-refractivity contribution in [1.82, 2.24) is 20.9 Å². The quantitative estimate of drug-likeness (QED) is 0.230. The van der Waals surface area contributed by atoms with Crippen LogP contribution in [0.15, 0.2) is 60.7 Å². The molecule has 5 fully saturated rings. The van der Waals surface area contributed by atoms with E-state index in [4.69, 9.17) is 23.2 Å². The Hall–Kier alpha value is -4.72. The van der Waals surface area contributed by atoms with Crippen LogP contribution in [0.1, 0.15) is 81.3 Å². The predicted molar refractivity (Wildman–Crippen MR) is 223 cm³/mol. The lowest BCUT2D eigenvalue weighted by molar-refractivity contribution is -0.137. The van der Waals surface area contributed by atoms with Crippen molar-refractivity contribution in [3.63, 3.8) is 0 Å². The molecule has 2 saturated carbocycles. The van der Waals surface area contributed by atoms with E-state index in [1.807, 2.05) is 35.2 Å². The monoisotopic (exact) mass is 843 g/mol. The third kappa shape index (κ3) is 6.82. The van der Waals surface area contributed by atoms with Gasteiger partial charge in [0.1, 0.15) is 11.2 Å². The molecule has 3 atom stereocenters. The normalized spacial score (nSPS) is 27.8. The standard InChI is InChI=1S/C44H48Cl2FN7O5/c45-27-9-16-32-34(25-27)49-41(58)44(32)36(31-5-4-6-33(46)37(31)47)38(51-43(44)18-2-1-3-19-43)39(56)48-28-10-7-26(8-11-28)40(57)53-23-21-52(22-24-53)29-12-14-30(15-13-29)54-20-17-35(55)50-42(54)59/h4-6,9,12-16,25-26,28,36,38,51H,1-3,7-8,10-11,17-24H2,(H,48,56)(H,49,58)(H,50,55,59)/t26?,28?,36-,38+,44+/m0/s1. The molecule has 12 nitrogen and oxygen atoms in total. The van der Waals surface area contributed by atoms with Crippen molar-refractivity contribution in [2.24, 2.45) is 5.92 Å². The number of carbonyl (C=O) groups excluding carboxylic acids is 5. The predicted octanol–water partition coefficient (Wildman–Crippen LogP) is 6.25. The minimum Gasteiger partial charge on any atom is -0.368 e. The van der Waals surface area contributed by atoms with E-state index in [9.17, 15) is 24.0 Å². The van der Waals surface area contributed by atoms with Gasteiger partial charge in [0.05, 0.1) is 11.1 Å². The highest BCUT2D eigenvalue weighted by Crippen LogP contribution is 2.62. The number of imide groups is 1. The van der Waals surface area contributed by atoms with Crippen molar-refractivity contribution in [3.8, 4) is 0 Å². The fourth-order valence-electron chi connectivity index (χ4n) is 11.1. The lowest BCUT2D eigenvalue weighted by Gasteiger charge is -2.47. The maximum Gasteiger partial charge on any atom is 0.328 e. The number of anilines is 3. The second kappa shape index (κ2) is 15.7. The fraction of sp³-hybridized carbons (Fsp3) is 0.477. The average Bonchev–Trinajstić information content (AvgIpc) is 3.69. The number of rotatable bonds is 6. The minimum atomic E-state index is -1.30. The second-order valence-corrected chi connectivity index (χ2v) is 17.8. The maximum absolute atomic E-state index is 16.3. The summed E-state index contributed by atoms with van der Waals surface area (Å²) in [4.78, 5) is 72.6. The van der Waals surface area contributed by atoms with Gasteiger partial charge in [-0.2, -0.15) is 0 Å². The zero-order valence-electron chi connectivity index (χ0n) is 32.7. The summed E-state index contributed by atoms with van der Waals surface area (Å²) in [6.45, 7) is 2.88. The van der Waals surface area contributed by atoms with Crippen LogP contribution in [-0.2, 0) is 24.6 Å². The number of fused-ring (bicyclic) bond motifs is 3. The van der Waals surface area contributed by atoms with E-state index in [1.165, 1.54) is 6.07 Å². The first kappa shape index (κ1) is 39.7. The number of benzene rings is 3. The van der Waals surface area contributed by atoms with Crippen molar-refractivity contribution in [1.29, 1.82) is 0 Å². The minimum absolute atomic E-state index is 0.0698. The summed E-state index contributed by atoms with van der Waals surface area (Å²) < 4.78 is 16.3. The molecule has 3 aromatic carbocycles.